The number of hydrazone groups is 1. The Bertz CT molecular complexity index is 1090. The Balaban J connectivity index is 1.59. The minimum absolute atomic E-state index is 0.210. The van der Waals surface area contributed by atoms with Gasteiger partial charge in [0.25, 0.3) is 5.91 Å². The molecular formula is C20H18ClIN4O3S2. The summed E-state index contributed by atoms with van der Waals surface area (Å²) in [5.41, 5.74) is 4.16. The van der Waals surface area contributed by atoms with Crippen LogP contribution in [0.15, 0.2) is 45.8 Å². The lowest BCUT2D eigenvalue weighted by atomic mass is 10.2. The van der Waals surface area contributed by atoms with E-state index in [9.17, 15) is 4.79 Å². The van der Waals surface area contributed by atoms with E-state index in [1.165, 1.54) is 23.1 Å². The van der Waals surface area contributed by atoms with Gasteiger partial charge in [-0.25, -0.2) is 5.43 Å². The minimum atomic E-state index is -0.226. The number of aromatic nitrogens is 2. The highest BCUT2D eigenvalue weighted by Crippen LogP contribution is 2.34. The molecule has 11 heteroatoms. The summed E-state index contributed by atoms with van der Waals surface area (Å²) in [4.78, 5) is 12.0. The van der Waals surface area contributed by atoms with E-state index in [1.807, 2.05) is 37.3 Å². The maximum Gasteiger partial charge on any atom is 0.250 e. The number of carbonyl (C=O) groups is 1. The average Bonchev–Trinajstić information content (AvgIpc) is 3.17. The van der Waals surface area contributed by atoms with Crippen molar-refractivity contribution in [2.24, 2.45) is 5.10 Å². The highest BCUT2D eigenvalue weighted by atomic mass is 127. The van der Waals surface area contributed by atoms with E-state index < -0.39 is 0 Å². The second-order valence-electron chi connectivity index (χ2n) is 6.08. The van der Waals surface area contributed by atoms with Crippen LogP contribution in [0.1, 0.15) is 16.1 Å². The number of nitrogens with zero attached hydrogens (tertiary/aromatic N) is 3. The van der Waals surface area contributed by atoms with Crippen LogP contribution in [0.25, 0.3) is 0 Å². The number of aryl methyl sites for hydroxylation is 1. The van der Waals surface area contributed by atoms with Gasteiger partial charge in [0.2, 0.25) is 0 Å². The van der Waals surface area contributed by atoms with Crippen LogP contribution in [0.3, 0.4) is 0 Å². The number of nitrogens with one attached hydrogen (secondary N) is 1. The van der Waals surface area contributed by atoms with Crippen molar-refractivity contribution in [3.8, 4) is 11.5 Å². The molecular weight excluding hydrogens is 571 g/mol. The van der Waals surface area contributed by atoms with Gasteiger partial charge in [-0.2, -0.15) is 5.10 Å². The Morgan fingerprint density at radius 2 is 2.16 bits per heavy atom. The van der Waals surface area contributed by atoms with E-state index in [-0.39, 0.29) is 11.7 Å². The first kappa shape index (κ1) is 23.8. The van der Waals surface area contributed by atoms with Crippen molar-refractivity contribution in [1.29, 1.82) is 0 Å². The van der Waals surface area contributed by atoms with Crippen LogP contribution < -0.4 is 14.9 Å². The molecule has 0 radical (unpaired) electrons. The Hall–Kier alpha value is -1.89. The SMILES string of the molecule is COc1cc(/C=N\NC(=O)CSc2nnc(C)s2)cc(I)c1OCc1ccccc1Cl. The molecule has 0 aliphatic heterocycles. The quantitative estimate of drug-likeness (QED) is 0.165. The van der Waals surface area contributed by atoms with Crippen LogP contribution in [0.4, 0.5) is 0 Å². The molecule has 0 aliphatic carbocycles. The van der Waals surface area contributed by atoms with E-state index in [0.717, 1.165) is 24.0 Å². The van der Waals surface area contributed by atoms with Crippen LogP contribution in [0.5, 0.6) is 11.5 Å². The Kier molecular flexibility index (Phi) is 8.93. The van der Waals surface area contributed by atoms with Crippen molar-refractivity contribution in [1.82, 2.24) is 15.6 Å². The molecule has 3 rings (SSSR count). The number of hydrogen-bond acceptors (Lipinski definition) is 8. The van der Waals surface area contributed by atoms with Gasteiger partial charge < -0.3 is 9.47 Å². The van der Waals surface area contributed by atoms with Crippen LogP contribution in [0.2, 0.25) is 5.02 Å². The maximum atomic E-state index is 12.0. The zero-order chi connectivity index (χ0) is 22.2. The minimum Gasteiger partial charge on any atom is -0.493 e. The summed E-state index contributed by atoms with van der Waals surface area (Å²) in [5.74, 6) is 1.17. The van der Waals surface area contributed by atoms with Crippen molar-refractivity contribution < 1.29 is 14.3 Å². The Morgan fingerprint density at radius 3 is 2.87 bits per heavy atom. The van der Waals surface area contributed by atoms with Crippen LogP contribution in [0, 0.1) is 10.5 Å². The molecule has 7 nitrogen and oxygen atoms in total. The lowest BCUT2D eigenvalue weighted by molar-refractivity contribution is -0.118. The van der Waals surface area contributed by atoms with Gasteiger partial charge in [0.15, 0.2) is 15.8 Å². The van der Waals surface area contributed by atoms with Gasteiger partial charge in [0, 0.05) is 10.6 Å². The molecule has 0 spiro atoms. The monoisotopic (exact) mass is 588 g/mol. The molecule has 0 unspecified atom stereocenters. The first-order valence-corrected chi connectivity index (χ1v) is 12.2. The Labute approximate surface area is 206 Å². The zero-order valence-corrected chi connectivity index (χ0v) is 21.1. The number of thioether (sulfide) groups is 1. The molecule has 1 heterocycles. The number of carbonyl (C=O) groups excluding carboxylic acids is 1. The van der Waals surface area contributed by atoms with Crippen LogP contribution in [-0.4, -0.2) is 35.2 Å². The van der Waals surface area contributed by atoms with Gasteiger partial charge in [0.1, 0.15) is 11.6 Å². The number of amides is 1. The highest BCUT2D eigenvalue weighted by molar-refractivity contribution is 14.1. The topological polar surface area (TPSA) is 85.7 Å². The summed E-state index contributed by atoms with van der Waals surface area (Å²) in [6, 6.07) is 11.2. The first-order valence-electron chi connectivity index (χ1n) is 8.95. The number of ether oxygens (including phenoxy) is 2. The third-order valence-electron chi connectivity index (χ3n) is 3.82. The predicted molar refractivity (Wildman–Crippen MR) is 133 cm³/mol. The van der Waals surface area contributed by atoms with Crippen molar-refractivity contribution in [3.63, 3.8) is 0 Å². The van der Waals surface area contributed by atoms with E-state index in [2.05, 4.69) is 43.3 Å². The van der Waals surface area contributed by atoms with Crippen molar-refractivity contribution in [2.75, 3.05) is 12.9 Å². The fourth-order valence-corrected chi connectivity index (χ4v) is 4.97. The largest absolute Gasteiger partial charge is 0.493 e. The van der Waals surface area contributed by atoms with Gasteiger partial charge >= 0.3 is 0 Å². The number of methoxy groups -OCH3 is 1. The van der Waals surface area contributed by atoms with Gasteiger partial charge in [-0.05, 0) is 53.3 Å². The third-order valence-corrected chi connectivity index (χ3v) is 6.96. The second kappa shape index (κ2) is 11.7. The average molecular weight is 589 g/mol. The molecule has 2 aromatic carbocycles. The van der Waals surface area contributed by atoms with E-state index >= 15 is 0 Å². The van der Waals surface area contributed by atoms with E-state index in [1.54, 1.807) is 19.4 Å². The van der Waals surface area contributed by atoms with Gasteiger partial charge in [-0.1, -0.05) is 52.9 Å². The fraction of sp³-hybridized carbons (Fsp3) is 0.200. The van der Waals surface area contributed by atoms with Gasteiger partial charge in [-0.15, -0.1) is 10.2 Å². The molecule has 3 aromatic rings. The molecule has 1 N–H and O–H groups in total. The molecule has 0 bridgehead atoms. The third kappa shape index (κ3) is 7.06. The van der Waals surface area contributed by atoms with E-state index in [4.69, 9.17) is 21.1 Å². The molecule has 0 atom stereocenters. The maximum absolute atomic E-state index is 12.0. The number of benzene rings is 2. The first-order chi connectivity index (χ1) is 15.0. The zero-order valence-electron chi connectivity index (χ0n) is 16.6. The highest BCUT2D eigenvalue weighted by Gasteiger charge is 2.12. The normalized spacial score (nSPS) is 11.0. The molecule has 0 aliphatic rings. The molecule has 1 amide bonds. The van der Waals surface area contributed by atoms with Crippen molar-refractivity contribution >= 4 is 69.4 Å². The molecule has 0 saturated heterocycles. The van der Waals surface area contributed by atoms with Crippen molar-refractivity contribution in [3.05, 3.63) is 61.1 Å². The summed E-state index contributed by atoms with van der Waals surface area (Å²) in [7, 11) is 1.57. The molecule has 1 aromatic heterocycles. The van der Waals surface area contributed by atoms with Crippen LogP contribution in [-0.2, 0) is 11.4 Å². The predicted octanol–water partition coefficient (Wildman–Crippen LogP) is 4.93. The summed E-state index contributed by atoms with van der Waals surface area (Å²) in [6.07, 6.45) is 1.56. The fourth-order valence-electron chi connectivity index (χ4n) is 2.39. The van der Waals surface area contributed by atoms with Crippen LogP contribution >= 0.6 is 57.3 Å². The van der Waals surface area contributed by atoms with Gasteiger partial charge in [0.05, 0.1) is 22.6 Å². The lowest BCUT2D eigenvalue weighted by Crippen LogP contribution is -2.19. The van der Waals surface area contributed by atoms with Gasteiger partial charge in [-0.3, -0.25) is 4.79 Å². The summed E-state index contributed by atoms with van der Waals surface area (Å²) < 4.78 is 13.0. The van der Waals surface area contributed by atoms with Crippen molar-refractivity contribution in [2.45, 2.75) is 17.9 Å². The molecule has 0 saturated carbocycles. The number of halogens is 2. The van der Waals surface area contributed by atoms with E-state index in [0.29, 0.717) is 23.1 Å². The Morgan fingerprint density at radius 1 is 1.35 bits per heavy atom. The summed E-state index contributed by atoms with van der Waals surface area (Å²) in [6.45, 7) is 2.19. The number of hydrogen-bond donors (Lipinski definition) is 1. The second-order valence-corrected chi connectivity index (χ2v) is 10.1. The number of rotatable bonds is 9. The smallest absolute Gasteiger partial charge is 0.250 e. The molecule has 0 fully saturated rings. The standard InChI is InChI=1S/C20H18ClIN4O3S2/c1-12-24-26-20(31-12)30-11-18(27)25-23-9-13-7-16(22)19(17(8-13)28-2)29-10-14-5-3-4-6-15(14)21/h3-9H,10-11H2,1-2H3,(H,25,27)/b23-9-. The summed E-state index contributed by atoms with van der Waals surface area (Å²) in [5, 5.41) is 13.4. The lowest BCUT2D eigenvalue weighted by Gasteiger charge is -2.14. The molecule has 162 valence electrons. The molecule has 31 heavy (non-hydrogen) atoms. The summed E-state index contributed by atoms with van der Waals surface area (Å²) >= 11 is 11.1.